The van der Waals surface area contributed by atoms with Gasteiger partial charge in [0.25, 0.3) is 5.56 Å². The molecule has 1 saturated heterocycles. The van der Waals surface area contributed by atoms with Crippen molar-refractivity contribution in [1.29, 1.82) is 0 Å². The second-order valence-corrected chi connectivity index (χ2v) is 9.69. The number of anilines is 2. The monoisotopic (exact) mass is 445 g/mol. The predicted octanol–water partition coefficient (Wildman–Crippen LogP) is 2.45. The molecule has 30 heavy (non-hydrogen) atoms. The Morgan fingerprint density at radius 3 is 2.90 bits per heavy atom. The third kappa shape index (κ3) is 3.95. The highest BCUT2D eigenvalue weighted by Crippen LogP contribution is 2.34. The van der Waals surface area contributed by atoms with E-state index in [1.54, 1.807) is 11.3 Å². The number of aromatic amines is 2. The lowest BCUT2D eigenvalue weighted by Crippen LogP contribution is -2.30. The lowest BCUT2D eigenvalue weighted by Gasteiger charge is -2.24. The number of nitrogens with one attached hydrogen (secondary N) is 3. The Kier molecular flexibility index (Phi) is 5.47. The number of nitrogens with zero attached hydrogens (tertiary/aromatic N) is 4. The lowest BCUT2D eigenvalue weighted by atomic mass is 10.1. The minimum absolute atomic E-state index is 0.0636. The fourth-order valence-electron chi connectivity index (χ4n) is 4.07. The Morgan fingerprint density at radius 2 is 2.03 bits per heavy atom. The number of carbonyl (C=O) groups excluding carboxylic acids is 1. The van der Waals surface area contributed by atoms with Gasteiger partial charge in [0.15, 0.2) is 0 Å². The summed E-state index contributed by atoms with van der Waals surface area (Å²) in [7, 11) is 0. The summed E-state index contributed by atoms with van der Waals surface area (Å²) in [6, 6.07) is 0. The standard InChI is InChI=1S/C19H23N7O2S2/c27-14(22-18-23-19(25-24-18)26-7-2-1-3-8-26)10-29-9-13-20-16(28)15-11-5-4-6-12(11)30-17(15)21-13/h1-10H2,(H,20,21,28)(H2,22,23,24,25,27). The quantitative estimate of drug-likeness (QED) is 0.533. The summed E-state index contributed by atoms with van der Waals surface area (Å²) in [4.78, 5) is 40.8. The first-order valence-corrected chi connectivity index (χ1v) is 12.2. The summed E-state index contributed by atoms with van der Waals surface area (Å²) in [5.41, 5.74) is 1.12. The molecule has 0 aromatic carbocycles. The van der Waals surface area contributed by atoms with Crippen molar-refractivity contribution in [1.82, 2.24) is 25.1 Å². The molecule has 0 radical (unpaired) electrons. The SMILES string of the molecule is O=C(CSCc1nc2sc3c(c2c(=O)[nH]1)CCC3)Nc1nc(N2CCCCC2)n[nH]1. The van der Waals surface area contributed by atoms with Gasteiger partial charge in [0.05, 0.1) is 16.9 Å². The number of aryl methyl sites for hydroxylation is 2. The summed E-state index contributed by atoms with van der Waals surface area (Å²) in [5.74, 6) is 2.15. The number of piperidine rings is 1. The van der Waals surface area contributed by atoms with Gasteiger partial charge >= 0.3 is 0 Å². The Bertz CT molecular complexity index is 1130. The van der Waals surface area contributed by atoms with E-state index in [1.165, 1.54) is 28.6 Å². The van der Waals surface area contributed by atoms with E-state index in [-0.39, 0.29) is 17.2 Å². The summed E-state index contributed by atoms with van der Waals surface area (Å²) < 4.78 is 0. The van der Waals surface area contributed by atoms with Crippen molar-refractivity contribution in [3.8, 4) is 0 Å². The van der Waals surface area contributed by atoms with Gasteiger partial charge in [-0.05, 0) is 44.1 Å². The normalized spacial score (nSPS) is 16.2. The van der Waals surface area contributed by atoms with Crippen LogP contribution in [0, 0.1) is 0 Å². The smallest absolute Gasteiger partial charge is 0.259 e. The summed E-state index contributed by atoms with van der Waals surface area (Å²) in [6.07, 6.45) is 6.65. The van der Waals surface area contributed by atoms with Crippen molar-refractivity contribution in [2.24, 2.45) is 0 Å². The molecule has 1 aliphatic heterocycles. The minimum atomic E-state index is -0.167. The molecule has 0 saturated carbocycles. The molecule has 3 aromatic heterocycles. The second kappa shape index (κ2) is 8.38. The second-order valence-electron chi connectivity index (χ2n) is 7.62. The van der Waals surface area contributed by atoms with E-state index < -0.39 is 0 Å². The van der Waals surface area contributed by atoms with Gasteiger partial charge in [-0.1, -0.05) is 0 Å². The van der Waals surface area contributed by atoms with Crippen LogP contribution in [0.25, 0.3) is 10.2 Å². The minimum Gasteiger partial charge on any atom is -0.340 e. The number of hydrogen-bond acceptors (Lipinski definition) is 8. The molecule has 9 nitrogen and oxygen atoms in total. The van der Waals surface area contributed by atoms with Crippen LogP contribution in [-0.2, 0) is 23.4 Å². The van der Waals surface area contributed by atoms with Gasteiger partial charge in [-0.15, -0.1) is 28.2 Å². The van der Waals surface area contributed by atoms with Gasteiger partial charge in [0, 0.05) is 18.0 Å². The van der Waals surface area contributed by atoms with Gasteiger partial charge in [0.1, 0.15) is 10.7 Å². The number of thioether (sulfide) groups is 1. The summed E-state index contributed by atoms with van der Waals surface area (Å²) in [6.45, 7) is 1.90. The van der Waals surface area contributed by atoms with Crippen LogP contribution in [0.1, 0.15) is 41.9 Å². The van der Waals surface area contributed by atoms with E-state index in [0.717, 1.165) is 55.4 Å². The van der Waals surface area contributed by atoms with Crippen LogP contribution < -0.4 is 15.8 Å². The molecule has 1 fully saturated rings. The van der Waals surface area contributed by atoms with Gasteiger partial charge in [0.2, 0.25) is 17.8 Å². The third-order valence-corrected chi connectivity index (χ3v) is 7.60. The summed E-state index contributed by atoms with van der Waals surface area (Å²) in [5, 5.41) is 10.5. The topological polar surface area (TPSA) is 120 Å². The molecule has 0 bridgehead atoms. The maximum atomic E-state index is 12.5. The van der Waals surface area contributed by atoms with Crippen molar-refractivity contribution in [2.75, 3.05) is 29.1 Å². The molecule has 3 aromatic rings. The van der Waals surface area contributed by atoms with Crippen molar-refractivity contribution < 1.29 is 4.79 Å². The number of aromatic nitrogens is 5. The summed E-state index contributed by atoms with van der Waals surface area (Å²) >= 11 is 3.03. The zero-order chi connectivity index (χ0) is 20.5. The molecule has 1 amide bonds. The van der Waals surface area contributed by atoms with Gasteiger partial charge < -0.3 is 9.88 Å². The van der Waals surface area contributed by atoms with Crippen LogP contribution in [-0.4, -0.2) is 49.9 Å². The fourth-order valence-corrected chi connectivity index (χ4v) is 6.04. The maximum Gasteiger partial charge on any atom is 0.259 e. The molecule has 11 heteroatoms. The molecule has 1 aliphatic carbocycles. The molecule has 2 aliphatic rings. The molecule has 5 rings (SSSR count). The van der Waals surface area contributed by atoms with Gasteiger partial charge in [-0.3, -0.25) is 14.9 Å². The average molecular weight is 446 g/mol. The molecule has 3 N–H and O–H groups in total. The van der Waals surface area contributed by atoms with Crippen LogP contribution in [0.3, 0.4) is 0 Å². The van der Waals surface area contributed by atoms with Crippen LogP contribution in [0.15, 0.2) is 4.79 Å². The van der Waals surface area contributed by atoms with E-state index >= 15 is 0 Å². The number of thiophene rings is 1. The zero-order valence-electron chi connectivity index (χ0n) is 16.5. The van der Waals surface area contributed by atoms with Crippen LogP contribution >= 0.6 is 23.1 Å². The molecular weight excluding hydrogens is 422 g/mol. The Labute approximate surface area is 181 Å². The first kappa shape index (κ1) is 19.6. The van der Waals surface area contributed by atoms with Crippen molar-refractivity contribution in [2.45, 2.75) is 44.3 Å². The number of fused-ring (bicyclic) bond motifs is 3. The van der Waals surface area contributed by atoms with Crippen molar-refractivity contribution >= 4 is 51.1 Å². The Balaban J connectivity index is 1.16. The van der Waals surface area contributed by atoms with Gasteiger partial charge in [-0.25, -0.2) is 10.1 Å². The van der Waals surface area contributed by atoms with E-state index in [4.69, 9.17) is 0 Å². The number of rotatable bonds is 6. The molecule has 4 heterocycles. The highest BCUT2D eigenvalue weighted by molar-refractivity contribution is 7.99. The molecule has 0 unspecified atom stereocenters. The number of H-pyrrole nitrogens is 2. The number of hydrogen-bond donors (Lipinski definition) is 3. The Hall–Kier alpha value is -2.40. The van der Waals surface area contributed by atoms with Crippen LogP contribution in [0.5, 0.6) is 0 Å². The molecular formula is C19H23N7O2S2. The van der Waals surface area contributed by atoms with E-state index in [9.17, 15) is 9.59 Å². The van der Waals surface area contributed by atoms with E-state index in [2.05, 4.69) is 35.4 Å². The fraction of sp³-hybridized carbons (Fsp3) is 0.526. The molecule has 0 spiro atoms. The predicted molar refractivity (Wildman–Crippen MR) is 120 cm³/mol. The van der Waals surface area contributed by atoms with Crippen LogP contribution in [0.2, 0.25) is 0 Å². The van der Waals surface area contributed by atoms with Crippen LogP contribution in [0.4, 0.5) is 11.9 Å². The number of carbonyl (C=O) groups is 1. The Morgan fingerprint density at radius 1 is 1.17 bits per heavy atom. The molecule has 0 atom stereocenters. The largest absolute Gasteiger partial charge is 0.340 e. The van der Waals surface area contributed by atoms with Crippen molar-refractivity contribution in [3.63, 3.8) is 0 Å². The number of amides is 1. The van der Waals surface area contributed by atoms with E-state index in [0.29, 0.717) is 23.5 Å². The highest BCUT2D eigenvalue weighted by Gasteiger charge is 2.21. The van der Waals surface area contributed by atoms with Gasteiger partial charge in [-0.2, -0.15) is 4.98 Å². The first-order valence-electron chi connectivity index (χ1n) is 10.3. The average Bonchev–Trinajstić information content (AvgIpc) is 3.44. The maximum absolute atomic E-state index is 12.5. The van der Waals surface area contributed by atoms with E-state index in [1.807, 2.05) is 0 Å². The first-order chi connectivity index (χ1) is 14.7. The van der Waals surface area contributed by atoms with Crippen molar-refractivity contribution in [3.05, 3.63) is 26.6 Å². The molecule has 158 valence electrons. The zero-order valence-corrected chi connectivity index (χ0v) is 18.1. The third-order valence-electron chi connectivity index (χ3n) is 5.47. The lowest BCUT2D eigenvalue weighted by molar-refractivity contribution is -0.113. The highest BCUT2D eigenvalue weighted by atomic mass is 32.2.